The molecule has 8 nitrogen and oxygen atoms in total. The molecule has 2 amide bonds. The van der Waals surface area contributed by atoms with E-state index in [0.717, 1.165) is 16.7 Å². The van der Waals surface area contributed by atoms with Gasteiger partial charge < -0.3 is 21.1 Å². The second-order valence-corrected chi connectivity index (χ2v) is 8.22. The van der Waals surface area contributed by atoms with Gasteiger partial charge in [-0.3, -0.25) is 9.59 Å². The van der Waals surface area contributed by atoms with Crippen molar-refractivity contribution in [1.29, 1.82) is 0 Å². The molecule has 0 spiro atoms. The van der Waals surface area contributed by atoms with Crippen LogP contribution in [0.1, 0.15) is 34.8 Å². The number of nitrogens with two attached hydrogens (primary N) is 1. The van der Waals surface area contributed by atoms with Crippen molar-refractivity contribution in [3.8, 4) is 17.0 Å². The summed E-state index contributed by atoms with van der Waals surface area (Å²) in [6.45, 7) is 8.12. The third kappa shape index (κ3) is 3.73. The fraction of sp³-hybridized carbons (Fsp3) is 0.240. The first-order chi connectivity index (χ1) is 15.8. The number of carbonyl (C=O) groups excluding carboxylic acids is 2. The summed E-state index contributed by atoms with van der Waals surface area (Å²) < 4.78 is 7.27. The molecule has 1 aliphatic heterocycles. The summed E-state index contributed by atoms with van der Waals surface area (Å²) in [5.74, 6) is 0.375. The van der Waals surface area contributed by atoms with Crippen LogP contribution in [0.2, 0.25) is 0 Å². The van der Waals surface area contributed by atoms with Crippen LogP contribution in [0.3, 0.4) is 0 Å². The molecule has 0 saturated heterocycles. The molecule has 33 heavy (non-hydrogen) atoms. The van der Waals surface area contributed by atoms with E-state index in [1.165, 1.54) is 6.08 Å². The number of ether oxygens (including phenoxy) is 1. The normalized spacial score (nSPS) is 16.9. The number of aromatic nitrogens is 2. The van der Waals surface area contributed by atoms with Gasteiger partial charge in [-0.25, -0.2) is 4.68 Å². The third-order valence-electron chi connectivity index (χ3n) is 6.14. The number of nitrogens with one attached hydrogen (secondary N) is 2. The van der Waals surface area contributed by atoms with E-state index >= 15 is 0 Å². The lowest BCUT2D eigenvalue weighted by Gasteiger charge is -2.37. The highest BCUT2D eigenvalue weighted by molar-refractivity contribution is 6.04. The van der Waals surface area contributed by atoms with Crippen LogP contribution in [0.25, 0.3) is 11.3 Å². The van der Waals surface area contributed by atoms with Gasteiger partial charge in [0.2, 0.25) is 5.91 Å². The van der Waals surface area contributed by atoms with Gasteiger partial charge in [-0.1, -0.05) is 36.9 Å². The number of benzene rings is 2. The molecule has 1 atom stereocenters. The molecule has 1 aliphatic rings. The first-order valence-electron chi connectivity index (χ1n) is 10.6. The molecule has 3 aromatic rings. The Balaban J connectivity index is 1.93. The second kappa shape index (κ2) is 8.46. The van der Waals surface area contributed by atoms with Crippen molar-refractivity contribution < 1.29 is 14.3 Å². The van der Waals surface area contributed by atoms with E-state index in [1.54, 1.807) is 11.8 Å². The van der Waals surface area contributed by atoms with Crippen LogP contribution in [0.15, 0.2) is 55.1 Å². The number of nitrogens with zero attached hydrogens (tertiary/aromatic N) is 2. The Labute approximate surface area is 192 Å². The number of hydrogen-bond acceptors (Lipinski definition) is 5. The number of primary amides is 1. The number of rotatable bonds is 6. The maximum Gasteiger partial charge on any atom is 0.254 e. The molecule has 8 heteroatoms. The lowest BCUT2D eigenvalue weighted by atomic mass is 9.86. The average Bonchev–Trinajstić information content (AvgIpc) is 3.21. The van der Waals surface area contributed by atoms with Gasteiger partial charge in [-0.2, -0.15) is 5.10 Å². The first-order valence-corrected chi connectivity index (χ1v) is 10.6. The van der Waals surface area contributed by atoms with Crippen molar-refractivity contribution >= 4 is 23.3 Å². The van der Waals surface area contributed by atoms with Crippen molar-refractivity contribution in [3.63, 3.8) is 0 Å². The molecule has 2 heterocycles. The van der Waals surface area contributed by atoms with Crippen LogP contribution in [0.5, 0.6) is 5.75 Å². The molecule has 4 N–H and O–H groups in total. The highest BCUT2D eigenvalue weighted by Gasteiger charge is 2.40. The molecule has 4 rings (SSSR count). The van der Waals surface area contributed by atoms with Gasteiger partial charge in [0.05, 0.1) is 12.6 Å². The number of methoxy groups -OCH3 is 1. The zero-order chi connectivity index (χ0) is 23.8. The van der Waals surface area contributed by atoms with Crippen LogP contribution in [0, 0.1) is 6.92 Å². The quantitative estimate of drug-likeness (QED) is 0.501. The molecule has 0 fully saturated rings. The number of para-hydroxylation sites is 1. The molecule has 1 aromatic heterocycles. The Morgan fingerprint density at radius 3 is 2.76 bits per heavy atom. The van der Waals surface area contributed by atoms with Gasteiger partial charge in [0.15, 0.2) is 0 Å². The van der Waals surface area contributed by atoms with Crippen molar-refractivity contribution in [3.05, 3.63) is 71.8 Å². The third-order valence-corrected chi connectivity index (χ3v) is 6.14. The van der Waals surface area contributed by atoms with Gasteiger partial charge >= 0.3 is 0 Å². The number of hydrogen-bond donors (Lipinski definition) is 3. The van der Waals surface area contributed by atoms with E-state index in [2.05, 4.69) is 17.2 Å². The average molecular weight is 446 g/mol. The highest BCUT2D eigenvalue weighted by atomic mass is 16.5. The Kier molecular flexibility index (Phi) is 5.68. The zero-order valence-corrected chi connectivity index (χ0v) is 18.9. The van der Waals surface area contributed by atoms with Crippen LogP contribution in [0.4, 0.5) is 11.5 Å². The summed E-state index contributed by atoms with van der Waals surface area (Å²) in [5.41, 5.74) is 9.21. The minimum absolute atomic E-state index is 0.300. The number of carbonyl (C=O) groups is 2. The predicted octanol–water partition coefficient (Wildman–Crippen LogP) is 3.67. The number of aryl methyl sites for hydroxylation is 1. The molecule has 0 bridgehead atoms. The Morgan fingerprint density at radius 2 is 2.06 bits per heavy atom. The topological polar surface area (TPSA) is 111 Å². The van der Waals surface area contributed by atoms with Gasteiger partial charge in [0.1, 0.15) is 22.8 Å². The minimum Gasteiger partial charge on any atom is -0.496 e. The number of fused-ring (bicyclic) bond motifs is 1. The molecular weight excluding hydrogens is 418 g/mol. The zero-order valence-electron chi connectivity index (χ0n) is 18.9. The summed E-state index contributed by atoms with van der Waals surface area (Å²) >= 11 is 0. The van der Waals surface area contributed by atoms with Gasteiger partial charge in [0.25, 0.3) is 5.91 Å². The van der Waals surface area contributed by atoms with E-state index in [0.29, 0.717) is 41.5 Å². The largest absolute Gasteiger partial charge is 0.496 e. The highest BCUT2D eigenvalue weighted by Crippen LogP contribution is 2.43. The van der Waals surface area contributed by atoms with Crippen LogP contribution < -0.4 is 21.1 Å². The molecule has 1 unspecified atom stereocenters. The summed E-state index contributed by atoms with van der Waals surface area (Å²) in [5, 5.41) is 11.1. The fourth-order valence-corrected chi connectivity index (χ4v) is 4.37. The van der Waals surface area contributed by atoms with Crippen molar-refractivity contribution in [2.45, 2.75) is 25.8 Å². The van der Waals surface area contributed by atoms with Gasteiger partial charge in [-0.15, -0.1) is 0 Å². The molecule has 0 saturated carbocycles. The molecular formula is C25H27N5O3. The van der Waals surface area contributed by atoms with Crippen molar-refractivity contribution in [1.82, 2.24) is 9.78 Å². The van der Waals surface area contributed by atoms with Gasteiger partial charge in [-0.05, 0) is 44.0 Å². The predicted molar refractivity (Wildman–Crippen MR) is 129 cm³/mol. The van der Waals surface area contributed by atoms with Crippen molar-refractivity contribution in [2.24, 2.45) is 5.73 Å². The minimum atomic E-state index is -0.650. The van der Waals surface area contributed by atoms with Gasteiger partial charge in [0, 0.05) is 23.4 Å². The maximum atomic E-state index is 12.6. The number of anilines is 2. The SMILES string of the molecule is C=CC(=O)Nc1ccccc1C1(C)CCNc2c(C(N)=O)c(-c3ccc(C)c(OC)c3)nn21. The molecule has 2 aromatic carbocycles. The fourth-order valence-electron chi connectivity index (χ4n) is 4.37. The molecule has 0 radical (unpaired) electrons. The van der Waals surface area contributed by atoms with E-state index in [1.807, 2.05) is 56.3 Å². The van der Waals surface area contributed by atoms with Crippen LogP contribution >= 0.6 is 0 Å². The molecule has 0 aliphatic carbocycles. The smallest absolute Gasteiger partial charge is 0.254 e. The Morgan fingerprint density at radius 1 is 1.30 bits per heavy atom. The summed E-state index contributed by atoms with van der Waals surface area (Å²) in [6.07, 6.45) is 1.91. The van der Waals surface area contributed by atoms with E-state index in [4.69, 9.17) is 15.6 Å². The Hall–Kier alpha value is -4.07. The van der Waals surface area contributed by atoms with E-state index < -0.39 is 11.4 Å². The lowest BCUT2D eigenvalue weighted by Crippen LogP contribution is -2.40. The lowest BCUT2D eigenvalue weighted by molar-refractivity contribution is -0.111. The Bertz CT molecular complexity index is 1260. The summed E-state index contributed by atoms with van der Waals surface area (Å²) in [7, 11) is 1.60. The first kappa shape index (κ1) is 22.1. The van der Waals surface area contributed by atoms with Crippen molar-refractivity contribution in [2.75, 3.05) is 24.3 Å². The van der Waals surface area contributed by atoms with E-state index in [-0.39, 0.29) is 5.91 Å². The summed E-state index contributed by atoms with van der Waals surface area (Å²) in [4.78, 5) is 24.6. The standard InChI is InChI=1S/C25H27N5O3/c1-5-20(31)28-18-9-7-6-8-17(18)25(3)12-13-27-24-21(23(26)32)22(29-30(24)25)16-11-10-15(2)19(14-16)33-4/h5-11,14,27H,1,12-13H2,2-4H3,(H2,26,32)(H,28,31). The number of amides is 2. The van der Waals surface area contributed by atoms with Crippen LogP contribution in [-0.4, -0.2) is 35.2 Å². The second-order valence-electron chi connectivity index (χ2n) is 8.22. The molecule has 170 valence electrons. The monoisotopic (exact) mass is 445 g/mol. The van der Waals surface area contributed by atoms with Crippen LogP contribution in [-0.2, 0) is 10.3 Å². The maximum absolute atomic E-state index is 12.6. The summed E-state index contributed by atoms with van der Waals surface area (Å²) in [6, 6.07) is 13.2. The van der Waals surface area contributed by atoms with E-state index in [9.17, 15) is 9.59 Å².